The molecular formula is C121H81N7. The number of benzene rings is 18. The fraction of sp³-hybridized carbons (Fsp3) is 0.0165. The molecular weight excluding hydrogens is 1550 g/mol. The fourth-order valence-electron chi connectivity index (χ4n) is 19.9. The molecule has 0 saturated carbocycles. The van der Waals surface area contributed by atoms with Gasteiger partial charge in [0.1, 0.15) is 0 Å². The average molecular weight is 1630 g/mol. The SMILES string of the molecule is C1=CC(c2cccc(-c3cc(-c4ccc(-c5ccccc5)cc4)nc(-c4ccccc4-c4ccccc4-n4c5ccccc5c5c4ccc4c6ccccc6n(-c6ccccc6)c45)n3)c2)=CCC1.c1ccc(-c2cc(-c3cccc4ccccc34)cc(-c3ccccc3-c3ccc(-n4c5ccccc5c5c4ccc4c6ccccc6n(-c6ccccc6)c45)cc3)n2)cc1. The maximum Gasteiger partial charge on any atom is 0.161 e. The van der Waals surface area contributed by atoms with Crippen molar-refractivity contribution in [3.63, 3.8) is 0 Å². The number of fused-ring (bicyclic) bond motifs is 15. The van der Waals surface area contributed by atoms with Gasteiger partial charge in [-0.1, -0.05) is 364 Å². The van der Waals surface area contributed by atoms with Crippen LogP contribution in [0.25, 0.3) is 227 Å². The van der Waals surface area contributed by atoms with Gasteiger partial charge in [0.15, 0.2) is 5.82 Å². The second kappa shape index (κ2) is 31.8. The number of aromatic nitrogens is 7. The van der Waals surface area contributed by atoms with Gasteiger partial charge in [0.25, 0.3) is 0 Å². The van der Waals surface area contributed by atoms with Gasteiger partial charge in [-0.25, -0.2) is 15.0 Å². The molecule has 18 aromatic carbocycles. The number of para-hydroxylation sites is 7. The first-order chi connectivity index (χ1) is 63.5. The third kappa shape index (κ3) is 13.0. The molecule has 7 heteroatoms. The zero-order valence-electron chi connectivity index (χ0n) is 70.0. The molecule has 1 aliphatic carbocycles. The van der Waals surface area contributed by atoms with Crippen LogP contribution in [0.2, 0.25) is 0 Å². The Morgan fingerprint density at radius 3 is 1.26 bits per heavy atom. The van der Waals surface area contributed by atoms with E-state index in [2.05, 4.69) is 485 Å². The van der Waals surface area contributed by atoms with Gasteiger partial charge in [0, 0.05) is 93.5 Å². The standard InChI is InChI=1S/C64H44N4.C57H37N3/c1-4-19-43(20-5-1)45-35-37-46(38-36-45)56-42-57(48-24-18-23-47(41-48)44-21-6-2-7-22-44)66-64(65-56)54-30-11-10-27-50(54)51-28-12-16-33-59(51)68-60-34-17-14-31-55(60)62-61(68)40-39-53-52-29-13-15-32-58(52)67(63(53)62)49-25-8-3-9-26-49;1-3-17-40(18-4-1)51-36-41(46-27-15-19-38-16-7-8-22-44(38)46)37-52(58-51)47-24-10-9-23-45(47)39-30-32-43(33-31-39)59-54-29-14-12-26-50(54)56-55(59)35-34-49-48-25-11-13-28-53(48)60(57(49)56)42-20-5-2-6-21-42/h1,3-6,8-42H,2,7H2;1-37H. The van der Waals surface area contributed by atoms with Crippen molar-refractivity contribution < 1.29 is 0 Å². The van der Waals surface area contributed by atoms with Gasteiger partial charge in [-0.15, -0.1) is 0 Å². The molecule has 0 atom stereocenters. The Bertz CT molecular complexity index is 8520. The summed E-state index contributed by atoms with van der Waals surface area (Å²) in [6.45, 7) is 0. The van der Waals surface area contributed by atoms with E-state index in [4.69, 9.17) is 15.0 Å². The summed E-state index contributed by atoms with van der Waals surface area (Å²) in [5, 5.41) is 12.4. The van der Waals surface area contributed by atoms with Crippen molar-refractivity contribution >= 4 is 104 Å². The third-order valence-electron chi connectivity index (χ3n) is 25.7. The number of nitrogens with zero attached hydrogens (tertiary/aromatic N) is 7. The Labute approximate surface area is 741 Å². The van der Waals surface area contributed by atoms with Crippen LogP contribution < -0.4 is 0 Å². The van der Waals surface area contributed by atoms with Crippen molar-refractivity contribution in [1.82, 2.24) is 33.2 Å². The van der Waals surface area contributed by atoms with E-state index in [1.807, 2.05) is 0 Å². The highest BCUT2D eigenvalue weighted by atomic mass is 15.0. The first-order valence-corrected chi connectivity index (χ1v) is 44.0. The van der Waals surface area contributed by atoms with Crippen molar-refractivity contribution in [2.75, 3.05) is 0 Å². The lowest BCUT2D eigenvalue weighted by molar-refractivity contribution is 1.04. The van der Waals surface area contributed by atoms with Crippen molar-refractivity contribution in [3.05, 3.63) is 473 Å². The average Bonchev–Trinajstić information content (AvgIpc) is 1.55. The van der Waals surface area contributed by atoms with E-state index in [1.165, 1.54) is 115 Å². The van der Waals surface area contributed by atoms with Crippen molar-refractivity contribution in [2.45, 2.75) is 12.8 Å². The van der Waals surface area contributed by atoms with E-state index in [0.717, 1.165) is 125 Å². The van der Waals surface area contributed by atoms with Crippen LogP contribution >= 0.6 is 0 Å². The predicted octanol–water partition coefficient (Wildman–Crippen LogP) is 31.8. The highest BCUT2D eigenvalue weighted by molar-refractivity contribution is 6.28. The molecule has 0 unspecified atom stereocenters. The van der Waals surface area contributed by atoms with E-state index in [9.17, 15) is 0 Å². The van der Waals surface area contributed by atoms with Gasteiger partial charge in [0.05, 0.1) is 72.6 Å². The summed E-state index contributed by atoms with van der Waals surface area (Å²) in [5.74, 6) is 0.675. The van der Waals surface area contributed by atoms with Crippen LogP contribution in [0.3, 0.4) is 0 Å². The summed E-state index contributed by atoms with van der Waals surface area (Å²) in [7, 11) is 0. The smallest absolute Gasteiger partial charge is 0.161 e. The van der Waals surface area contributed by atoms with Crippen LogP contribution in [0.15, 0.2) is 467 Å². The minimum absolute atomic E-state index is 0.675. The highest BCUT2D eigenvalue weighted by Gasteiger charge is 2.27. The molecule has 24 aromatic rings. The highest BCUT2D eigenvalue weighted by Crippen LogP contribution is 2.48. The van der Waals surface area contributed by atoms with E-state index in [0.29, 0.717) is 5.82 Å². The molecule has 0 radical (unpaired) electrons. The first-order valence-electron chi connectivity index (χ1n) is 44.0. The molecule has 6 heterocycles. The number of allylic oxidation sites excluding steroid dienone is 4. The lowest BCUT2D eigenvalue weighted by Gasteiger charge is -2.17. The van der Waals surface area contributed by atoms with Gasteiger partial charge in [-0.05, 0) is 177 Å². The third-order valence-corrected chi connectivity index (χ3v) is 25.7. The van der Waals surface area contributed by atoms with Crippen LogP contribution in [0.5, 0.6) is 0 Å². The maximum absolute atomic E-state index is 5.46. The molecule has 25 rings (SSSR count). The molecule has 1 aliphatic rings. The Morgan fingerprint density at radius 1 is 0.203 bits per heavy atom. The molecule has 0 fully saturated rings. The number of pyridine rings is 1. The normalized spacial score (nSPS) is 12.2. The summed E-state index contributed by atoms with van der Waals surface area (Å²) in [6, 6.07) is 162. The van der Waals surface area contributed by atoms with Gasteiger partial charge >= 0.3 is 0 Å². The van der Waals surface area contributed by atoms with E-state index in [-0.39, 0.29) is 0 Å². The minimum Gasteiger partial charge on any atom is -0.309 e. The number of hydrogen-bond acceptors (Lipinski definition) is 3. The van der Waals surface area contributed by atoms with Crippen LogP contribution in [0.4, 0.5) is 0 Å². The molecule has 128 heavy (non-hydrogen) atoms. The fourth-order valence-corrected chi connectivity index (χ4v) is 19.9. The van der Waals surface area contributed by atoms with Crippen LogP contribution in [0, 0.1) is 0 Å². The molecule has 0 aliphatic heterocycles. The summed E-state index contributed by atoms with van der Waals surface area (Å²) >= 11 is 0. The van der Waals surface area contributed by atoms with Crippen LogP contribution in [-0.4, -0.2) is 33.2 Å². The molecule has 0 saturated heterocycles. The van der Waals surface area contributed by atoms with Crippen molar-refractivity contribution in [1.29, 1.82) is 0 Å². The summed E-state index contributed by atoms with van der Waals surface area (Å²) in [4.78, 5) is 16.3. The monoisotopic (exact) mass is 1630 g/mol. The molecule has 0 N–H and O–H groups in total. The maximum atomic E-state index is 5.46. The summed E-state index contributed by atoms with van der Waals surface area (Å²) in [5.41, 5.74) is 34.4. The number of rotatable bonds is 14. The lowest BCUT2D eigenvalue weighted by Crippen LogP contribution is -2.00. The Kier molecular flexibility index (Phi) is 18.6. The molecule has 7 nitrogen and oxygen atoms in total. The second-order valence-electron chi connectivity index (χ2n) is 33.1. The van der Waals surface area contributed by atoms with Gasteiger partial charge in [0.2, 0.25) is 0 Å². The van der Waals surface area contributed by atoms with E-state index >= 15 is 0 Å². The van der Waals surface area contributed by atoms with Gasteiger partial charge < -0.3 is 18.3 Å². The zero-order chi connectivity index (χ0) is 84.5. The van der Waals surface area contributed by atoms with Crippen molar-refractivity contribution in [3.8, 4) is 124 Å². The zero-order valence-corrected chi connectivity index (χ0v) is 70.0. The quantitative estimate of drug-likeness (QED) is 0.109. The molecule has 0 spiro atoms. The Hall–Kier alpha value is -16.9. The van der Waals surface area contributed by atoms with Crippen LogP contribution in [-0.2, 0) is 0 Å². The minimum atomic E-state index is 0.675. The van der Waals surface area contributed by atoms with E-state index < -0.39 is 0 Å². The Morgan fingerprint density at radius 2 is 0.625 bits per heavy atom. The second-order valence-corrected chi connectivity index (χ2v) is 33.1. The topological polar surface area (TPSA) is 58.4 Å². The molecule has 0 bridgehead atoms. The van der Waals surface area contributed by atoms with Gasteiger partial charge in [-0.3, -0.25) is 0 Å². The summed E-state index contributed by atoms with van der Waals surface area (Å²) < 4.78 is 9.77. The molecule has 6 aromatic heterocycles. The number of hydrogen-bond donors (Lipinski definition) is 0. The first kappa shape index (κ1) is 74.9. The predicted molar refractivity (Wildman–Crippen MR) is 536 cm³/mol. The molecule has 600 valence electrons. The largest absolute Gasteiger partial charge is 0.309 e. The summed E-state index contributed by atoms with van der Waals surface area (Å²) in [6.07, 6.45) is 8.96. The van der Waals surface area contributed by atoms with E-state index in [1.54, 1.807) is 0 Å². The van der Waals surface area contributed by atoms with Crippen molar-refractivity contribution in [2.24, 2.45) is 0 Å². The lowest BCUT2D eigenvalue weighted by atomic mass is 9.93. The van der Waals surface area contributed by atoms with Crippen LogP contribution in [0.1, 0.15) is 18.4 Å². The van der Waals surface area contributed by atoms with Gasteiger partial charge in [-0.2, -0.15) is 0 Å². The Balaban J connectivity index is 0.000000144. The molecule has 0 amide bonds.